The zero-order chi connectivity index (χ0) is 15.1. The highest BCUT2D eigenvalue weighted by Gasteiger charge is 2.05. The number of hydrogen-bond acceptors (Lipinski definition) is 5. The van der Waals surface area contributed by atoms with Gasteiger partial charge >= 0.3 is 5.97 Å². The van der Waals surface area contributed by atoms with Crippen molar-refractivity contribution in [3.8, 4) is 5.75 Å². The molecule has 0 amide bonds. The van der Waals surface area contributed by atoms with Gasteiger partial charge in [-0.2, -0.15) is 0 Å². The van der Waals surface area contributed by atoms with Crippen molar-refractivity contribution >= 4 is 38.6 Å². The molecular formula is C14H14BrN3O3. The number of ether oxygens (including phenoxy) is 1. The molecule has 0 aliphatic heterocycles. The standard InChI is InChI=1S/C14H14BrN3O3/c15-7-6-13(19)21-18-12(16)9-20-11-5-1-3-10-4-2-8-17-14(10)11/h1-5,8H,6-7,9H2,(H2,16,18). The topological polar surface area (TPSA) is 86.8 Å². The summed E-state index contributed by atoms with van der Waals surface area (Å²) < 4.78 is 5.55. The summed E-state index contributed by atoms with van der Waals surface area (Å²) in [6.07, 6.45) is 1.92. The van der Waals surface area contributed by atoms with E-state index in [1.54, 1.807) is 12.3 Å². The van der Waals surface area contributed by atoms with Crippen LogP contribution in [0.3, 0.4) is 0 Å². The Balaban J connectivity index is 1.98. The van der Waals surface area contributed by atoms with E-state index >= 15 is 0 Å². The third-order valence-electron chi connectivity index (χ3n) is 2.53. The highest BCUT2D eigenvalue weighted by atomic mass is 79.9. The van der Waals surface area contributed by atoms with Crippen LogP contribution < -0.4 is 10.5 Å². The number of carbonyl (C=O) groups is 1. The average Bonchev–Trinajstić information content (AvgIpc) is 2.51. The summed E-state index contributed by atoms with van der Waals surface area (Å²) in [5.41, 5.74) is 6.37. The van der Waals surface area contributed by atoms with E-state index in [-0.39, 0.29) is 18.9 Å². The number of hydrogen-bond donors (Lipinski definition) is 1. The van der Waals surface area contributed by atoms with Crippen molar-refractivity contribution in [1.29, 1.82) is 0 Å². The van der Waals surface area contributed by atoms with E-state index < -0.39 is 5.97 Å². The average molecular weight is 352 g/mol. The van der Waals surface area contributed by atoms with Crippen molar-refractivity contribution in [2.45, 2.75) is 6.42 Å². The molecule has 7 heteroatoms. The third-order valence-corrected chi connectivity index (χ3v) is 2.93. The highest BCUT2D eigenvalue weighted by Crippen LogP contribution is 2.22. The first-order valence-electron chi connectivity index (χ1n) is 6.25. The zero-order valence-corrected chi connectivity index (χ0v) is 12.7. The summed E-state index contributed by atoms with van der Waals surface area (Å²) in [5.74, 6) is 0.213. The number of benzene rings is 1. The fourth-order valence-corrected chi connectivity index (χ4v) is 1.93. The molecule has 6 nitrogen and oxygen atoms in total. The molecule has 0 aliphatic rings. The largest absolute Gasteiger partial charge is 0.483 e. The van der Waals surface area contributed by atoms with Gasteiger partial charge in [-0.05, 0) is 12.1 Å². The van der Waals surface area contributed by atoms with E-state index in [0.717, 1.165) is 10.9 Å². The number of pyridine rings is 1. The molecule has 1 aromatic heterocycles. The Bertz CT molecular complexity index is 655. The minimum atomic E-state index is -0.457. The fraction of sp³-hybridized carbons (Fsp3) is 0.214. The Kier molecular flexibility index (Phi) is 5.51. The van der Waals surface area contributed by atoms with E-state index in [9.17, 15) is 4.79 Å². The number of halogens is 1. The quantitative estimate of drug-likeness (QED) is 0.283. The molecule has 110 valence electrons. The second-order valence-corrected chi connectivity index (χ2v) is 4.90. The summed E-state index contributed by atoms with van der Waals surface area (Å²) in [5, 5.41) is 5.00. The summed E-state index contributed by atoms with van der Waals surface area (Å²) in [6.45, 7) is 0.0112. The lowest BCUT2D eigenvalue weighted by Crippen LogP contribution is -2.22. The number of amidine groups is 1. The molecule has 0 unspecified atom stereocenters. The SMILES string of the molecule is NC(COc1cccc2cccnc12)=NOC(=O)CCBr. The molecule has 2 N–H and O–H groups in total. The molecule has 2 aromatic rings. The van der Waals surface area contributed by atoms with Crippen LogP contribution in [0.4, 0.5) is 0 Å². The minimum Gasteiger partial charge on any atom is -0.483 e. The molecule has 0 atom stereocenters. The number of nitrogens with two attached hydrogens (primary N) is 1. The molecular weight excluding hydrogens is 338 g/mol. The number of aromatic nitrogens is 1. The Morgan fingerprint density at radius 1 is 1.33 bits per heavy atom. The van der Waals surface area contributed by atoms with Gasteiger partial charge in [0, 0.05) is 16.9 Å². The van der Waals surface area contributed by atoms with E-state index in [1.807, 2.05) is 24.3 Å². The van der Waals surface area contributed by atoms with Crippen LogP contribution in [0.1, 0.15) is 6.42 Å². The van der Waals surface area contributed by atoms with E-state index in [0.29, 0.717) is 11.1 Å². The molecule has 0 bridgehead atoms. The molecule has 0 saturated carbocycles. The van der Waals surface area contributed by atoms with Gasteiger partial charge in [-0.3, -0.25) is 4.98 Å². The Labute approximate surface area is 130 Å². The molecule has 0 radical (unpaired) electrons. The van der Waals surface area contributed by atoms with Crippen LogP contribution in [-0.4, -0.2) is 28.7 Å². The third kappa shape index (κ3) is 4.42. The number of rotatable bonds is 6. The van der Waals surface area contributed by atoms with Crippen molar-refractivity contribution in [1.82, 2.24) is 4.98 Å². The number of fused-ring (bicyclic) bond motifs is 1. The van der Waals surface area contributed by atoms with Gasteiger partial charge in [0.2, 0.25) is 0 Å². The molecule has 0 aliphatic carbocycles. The van der Waals surface area contributed by atoms with Gasteiger partial charge < -0.3 is 15.3 Å². The second-order valence-electron chi connectivity index (χ2n) is 4.10. The Morgan fingerprint density at radius 2 is 2.14 bits per heavy atom. The van der Waals surface area contributed by atoms with E-state index in [2.05, 4.69) is 30.9 Å². The van der Waals surface area contributed by atoms with Crippen molar-refractivity contribution in [2.75, 3.05) is 11.9 Å². The zero-order valence-electron chi connectivity index (χ0n) is 11.2. The number of carbonyl (C=O) groups excluding carboxylic acids is 1. The lowest BCUT2D eigenvalue weighted by molar-refractivity contribution is -0.143. The van der Waals surface area contributed by atoms with Crippen LogP contribution in [0, 0.1) is 0 Å². The first-order valence-corrected chi connectivity index (χ1v) is 7.37. The predicted molar refractivity (Wildman–Crippen MR) is 83.4 cm³/mol. The molecule has 1 heterocycles. The van der Waals surface area contributed by atoms with Gasteiger partial charge in [-0.25, -0.2) is 4.79 Å². The molecule has 0 fully saturated rings. The first kappa shape index (κ1) is 15.2. The molecule has 2 rings (SSSR count). The van der Waals surface area contributed by atoms with Crippen LogP contribution in [0.2, 0.25) is 0 Å². The Morgan fingerprint density at radius 3 is 2.95 bits per heavy atom. The van der Waals surface area contributed by atoms with Gasteiger partial charge in [-0.1, -0.05) is 39.3 Å². The van der Waals surface area contributed by atoms with Gasteiger partial charge in [0.15, 0.2) is 5.84 Å². The number of oxime groups is 1. The number of para-hydroxylation sites is 1. The van der Waals surface area contributed by atoms with Crippen LogP contribution in [0.15, 0.2) is 41.7 Å². The van der Waals surface area contributed by atoms with Crippen molar-refractivity contribution in [3.05, 3.63) is 36.5 Å². The number of alkyl halides is 1. The van der Waals surface area contributed by atoms with E-state index in [4.69, 9.17) is 10.5 Å². The lowest BCUT2D eigenvalue weighted by atomic mass is 10.2. The second kappa shape index (κ2) is 7.58. The monoisotopic (exact) mass is 351 g/mol. The van der Waals surface area contributed by atoms with Crippen molar-refractivity contribution in [3.63, 3.8) is 0 Å². The van der Waals surface area contributed by atoms with Crippen LogP contribution in [-0.2, 0) is 9.63 Å². The van der Waals surface area contributed by atoms with Gasteiger partial charge in [0.25, 0.3) is 0 Å². The van der Waals surface area contributed by atoms with Crippen molar-refractivity contribution in [2.24, 2.45) is 10.9 Å². The molecule has 0 saturated heterocycles. The maximum Gasteiger partial charge on any atom is 0.335 e. The minimum absolute atomic E-state index is 0.0112. The first-order chi connectivity index (χ1) is 10.2. The predicted octanol–water partition coefficient (Wildman–Crippen LogP) is 2.21. The van der Waals surface area contributed by atoms with Gasteiger partial charge in [-0.15, -0.1) is 0 Å². The van der Waals surface area contributed by atoms with Crippen LogP contribution in [0.25, 0.3) is 10.9 Å². The Hall–Kier alpha value is -2.15. The van der Waals surface area contributed by atoms with E-state index in [1.165, 1.54) is 0 Å². The molecule has 0 spiro atoms. The molecule has 21 heavy (non-hydrogen) atoms. The fourth-order valence-electron chi connectivity index (χ4n) is 1.60. The van der Waals surface area contributed by atoms with Crippen molar-refractivity contribution < 1.29 is 14.4 Å². The molecule has 1 aromatic carbocycles. The summed E-state index contributed by atoms with van der Waals surface area (Å²) >= 11 is 3.13. The number of nitrogens with zero attached hydrogens (tertiary/aromatic N) is 2. The normalized spacial score (nSPS) is 11.4. The summed E-state index contributed by atoms with van der Waals surface area (Å²) in [6, 6.07) is 9.39. The van der Waals surface area contributed by atoms with Crippen LogP contribution in [0.5, 0.6) is 5.75 Å². The lowest BCUT2D eigenvalue weighted by Gasteiger charge is -2.07. The smallest absolute Gasteiger partial charge is 0.335 e. The van der Waals surface area contributed by atoms with Crippen LogP contribution >= 0.6 is 15.9 Å². The highest BCUT2D eigenvalue weighted by molar-refractivity contribution is 9.09. The maximum atomic E-state index is 11.1. The van der Waals surface area contributed by atoms with Gasteiger partial charge in [0.1, 0.15) is 17.9 Å². The maximum absolute atomic E-state index is 11.1. The summed E-state index contributed by atoms with van der Waals surface area (Å²) in [7, 11) is 0. The summed E-state index contributed by atoms with van der Waals surface area (Å²) in [4.78, 5) is 20.0. The van der Waals surface area contributed by atoms with Gasteiger partial charge in [0.05, 0.1) is 6.42 Å².